The molecule has 0 aliphatic carbocycles. The highest BCUT2D eigenvalue weighted by Crippen LogP contribution is 2.22. The summed E-state index contributed by atoms with van der Waals surface area (Å²) in [4.78, 5) is 18.1. The van der Waals surface area contributed by atoms with E-state index in [2.05, 4.69) is 9.55 Å². The molecule has 1 aromatic heterocycles. The number of benzene rings is 1. The molecule has 2 aromatic rings. The van der Waals surface area contributed by atoms with Crippen LogP contribution in [0.15, 0.2) is 30.5 Å². The molecule has 20 heavy (non-hydrogen) atoms. The number of nitrogens with zero attached hydrogens (tertiary/aromatic N) is 3. The molecule has 2 heterocycles. The Morgan fingerprint density at radius 2 is 2.05 bits per heavy atom. The summed E-state index contributed by atoms with van der Waals surface area (Å²) in [5.41, 5.74) is 1.72. The van der Waals surface area contributed by atoms with Crippen LogP contribution in [0, 0.1) is 5.82 Å². The van der Waals surface area contributed by atoms with Gasteiger partial charge in [0, 0.05) is 31.3 Å². The van der Waals surface area contributed by atoms with Crippen molar-refractivity contribution in [2.45, 2.75) is 26.4 Å². The van der Waals surface area contributed by atoms with Gasteiger partial charge in [-0.1, -0.05) is 6.92 Å². The fraction of sp³-hybridized carbons (Fsp3) is 0.333. The van der Waals surface area contributed by atoms with Gasteiger partial charge < -0.3 is 9.47 Å². The maximum atomic E-state index is 12.9. The lowest BCUT2D eigenvalue weighted by molar-refractivity contribution is -0.132. The fourth-order valence-corrected chi connectivity index (χ4v) is 2.45. The predicted molar refractivity (Wildman–Crippen MR) is 73.3 cm³/mol. The van der Waals surface area contributed by atoms with Gasteiger partial charge in [-0.3, -0.25) is 4.79 Å². The highest BCUT2D eigenvalue weighted by Gasteiger charge is 2.21. The number of fused-ring (bicyclic) bond motifs is 1. The topological polar surface area (TPSA) is 38.1 Å². The number of imidazole rings is 1. The van der Waals surface area contributed by atoms with E-state index < -0.39 is 0 Å². The Labute approximate surface area is 116 Å². The summed E-state index contributed by atoms with van der Waals surface area (Å²) in [6.45, 7) is 3.90. The first kappa shape index (κ1) is 12.8. The maximum Gasteiger partial charge on any atom is 0.222 e. The van der Waals surface area contributed by atoms with Gasteiger partial charge in [0.05, 0.1) is 12.2 Å². The molecule has 0 radical (unpaired) electrons. The molecule has 0 saturated carbocycles. The van der Waals surface area contributed by atoms with Crippen LogP contribution in [0.25, 0.3) is 11.3 Å². The van der Waals surface area contributed by atoms with Gasteiger partial charge in [0.15, 0.2) is 0 Å². The van der Waals surface area contributed by atoms with Crippen molar-refractivity contribution >= 4 is 5.91 Å². The zero-order valence-electron chi connectivity index (χ0n) is 11.3. The van der Waals surface area contributed by atoms with E-state index in [9.17, 15) is 9.18 Å². The van der Waals surface area contributed by atoms with Crippen LogP contribution in [0.5, 0.6) is 0 Å². The van der Waals surface area contributed by atoms with E-state index in [1.54, 1.807) is 12.1 Å². The quantitative estimate of drug-likeness (QED) is 0.843. The second-order valence-electron chi connectivity index (χ2n) is 4.91. The molecule has 104 valence electrons. The third-order valence-corrected chi connectivity index (χ3v) is 3.60. The molecule has 5 heteroatoms. The maximum absolute atomic E-state index is 12.9. The van der Waals surface area contributed by atoms with Crippen molar-refractivity contribution in [1.29, 1.82) is 0 Å². The van der Waals surface area contributed by atoms with Gasteiger partial charge in [-0.15, -0.1) is 0 Å². The van der Waals surface area contributed by atoms with Crippen LogP contribution in [-0.4, -0.2) is 26.9 Å². The Hall–Kier alpha value is -2.17. The minimum absolute atomic E-state index is 0.155. The van der Waals surface area contributed by atoms with Crippen molar-refractivity contribution < 1.29 is 9.18 Å². The molecule has 0 spiro atoms. The minimum Gasteiger partial charge on any atom is -0.333 e. The molecular formula is C15H16FN3O. The van der Waals surface area contributed by atoms with Crippen LogP contribution in [-0.2, 0) is 17.9 Å². The average molecular weight is 273 g/mol. The van der Waals surface area contributed by atoms with Gasteiger partial charge >= 0.3 is 0 Å². The van der Waals surface area contributed by atoms with Crippen molar-refractivity contribution in [3.8, 4) is 11.3 Å². The number of rotatable bonds is 2. The van der Waals surface area contributed by atoms with Crippen LogP contribution < -0.4 is 0 Å². The van der Waals surface area contributed by atoms with Crippen molar-refractivity contribution in [3.05, 3.63) is 42.1 Å². The second-order valence-corrected chi connectivity index (χ2v) is 4.91. The first-order valence-electron chi connectivity index (χ1n) is 6.77. The molecular weight excluding hydrogens is 257 g/mol. The van der Waals surface area contributed by atoms with Crippen LogP contribution in [0.4, 0.5) is 4.39 Å². The van der Waals surface area contributed by atoms with Gasteiger partial charge in [0.1, 0.15) is 11.6 Å². The lowest BCUT2D eigenvalue weighted by atomic mass is 10.2. The molecule has 0 fully saturated rings. The Kier molecular flexibility index (Phi) is 3.26. The van der Waals surface area contributed by atoms with E-state index in [1.807, 2.05) is 18.0 Å². The van der Waals surface area contributed by atoms with Crippen LogP contribution in [0.3, 0.4) is 0 Å². The van der Waals surface area contributed by atoms with Crippen molar-refractivity contribution in [2.75, 3.05) is 6.54 Å². The lowest BCUT2D eigenvalue weighted by Crippen LogP contribution is -2.37. The molecule has 4 nitrogen and oxygen atoms in total. The molecule has 1 aromatic carbocycles. The normalized spacial score (nSPS) is 14.2. The largest absolute Gasteiger partial charge is 0.333 e. The predicted octanol–water partition coefficient (Wildman–Crippen LogP) is 2.44. The number of hydrogen-bond acceptors (Lipinski definition) is 2. The zero-order chi connectivity index (χ0) is 14.1. The molecule has 0 unspecified atom stereocenters. The van der Waals surface area contributed by atoms with Gasteiger partial charge in [-0.25, -0.2) is 9.37 Å². The number of halogens is 1. The molecule has 0 saturated heterocycles. The van der Waals surface area contributed by atoms with Crippen LogP contribution in [0.1, 0.15) is 19.2 Å². The van der Waals surface area contributed by atoms with E-state index in [4.69, 9.17) is 0 Å². The van der Waals surface area contributed by atoms with Crippen molar-refractivity contribution in [3.63, 3.8) is 0 Å². The van der Waals surface area contributed by atoms with Crippen molar-refractivity contribution in [2.24, 2.45) is 0 Å². The number of carbonyl (C=O) groups is 1. The van der Waals surface area contributed by atoms with E-state index in [0.29, 0.717) is 13.0 Å². The molecule has 0 N–H and O–H groups in total. The van der Waals surface area contributed by atoms with Gasteiger partial charge in [0.2, 0.25) is 5.91 Å². The standard InChI is InChI=1S/C15H16FN3O/c1-2-15(20)19-8-7-18-9-13(17-14(18)10-19)11-3-5-12(16)6-4-11/h3-6,9H,2,7-8,10H2,1H3. The van der Waals surface area contributed by atoms with Gasteiger partial charge in [0.25, 0.3) is 0 Å². The zero-order valence-corrected chi connectivity index (χ0v) is 11.3. The van der Waals surface area contributed by atoms with Gasteiger partial charge in [-0.05, 0) is 24.3 Å². The Morgan fingerprint density at radius 3 is 2.75 bits per heavy atom. The third kappa shape index (κ3) is 2.31. The monoisotopic (exact) mass is 273 g/mol. The summed E-state index contributed by atoms with van der Waals surface area (Å²) >= 11 is 0. The highest BCUT2D eigenvalue weighted by molar-refractivity contribution is 5.75. The molecule has 0 bridgehead atoms. The second kappa shape index (κ2) is 5.07. The Bertz CT molecular complexity index is 633. The SMILES string of the molecule is CCC(=O)N1CCn2cc(-c3ccc(F)cc3)nc2C1. The first-order valence-corrected chi connectivity index (χ1v) is 6.77. The number of aromatic nitrogens is 2. The summed E-state index contributed by atoms with van der Waals surface area (Å²) < 4.78 is 15.0. The molecule has 0 atom stereocenters. The fourth-order valence-electron chi connectivity index (χ4n) is 2.45. The van der Waals surface area contributed by atoms with Crippen LogP contribution in [0.2, 0.25) is 0 Å². The summed E-state index contributed by atoms with van der Waals surface area (Å²) in [6.07, 6.45) is 2.49. The molecule has 1 amide bonds. The summed E-state index contributed by atoms with van der Waals surface area (Å²) in [5.74, 6) is 0.789. The summed E-state index contributed by atoms with van der Waals surface area (Å²) in [5, 5.41) is 0. The first-order chi connectivity index (χ1) is 9.67. The molecule has 3 rings (SSSR count). The number of amides is 1. The third-order valence-electron chi connectivity index (χ3n) is 3.60. The Morgan fingerprint density at radius 1 is 1.30 bits per heavy atom. The number of hydrogen-bond donors (Lipinski definition) is 0. The van der Waals surface area contributed by atoms with E-state index in [0.717, 1.165) is 30.2 Å². The van der Waals surface area contributed by atoms with E-state index in [-0.39, 0.29) is 11.7 Å². The minimum atomic E-state index is -0.252. The summed E-state index contributed by atoms with van der Waals surface area (Å²) in [7, 11) is 0. The smallest absolute Gasteiger partial charge is 0.222 e. The van der Waals surface area contributed by atoms with E-state index >= 15 is 0 Å². The number of carbonyl (C=O) groups excluding carboxylic acids is 1. The average Bonchev–Trinajstić information content (AvgIpc) is 2.90. The summed E-state index contributed by atoms with van der Waals surface area (Å²) in [6, 6.07) is 6.30. The van der Waals surface area contributed by atoms with Crippen molar-refractivity contribution in [1.82, 2.24) is 14.5 Å². The van der Waals surface area contributed by atoms with E-state index in [1.165, 1.54) is 12.1 Å². The highest BCUT2D eigenvalue weighted by atomic mass is 19.1. The van der Waals surface area contributed by atoms with Gasteiger partial charge in [-0.2, -0.15) is 0 Å². The van der Waals surface area contributed by atoms with Crippen LogP contribution >= 0.6 is 0 Å². The Balaban J connectivity index is 1.86. The molecule has 1 aliphatic rings. The molecule has 1 aliphatic heterocycles. The lowest BCUT2D eigenvalue weighted by Gasteiger charge is -2.27.